The van der Waals surface area contributed by atoms with E-state index >= 15 is 0 Å². The number of aliphatic imine (C=N–C) groups is 4. The maximum atomic E-state index is 4.53. The number of nitrogens with zero attached hydrogens (tertiary/aromatic N) is 5. The molecule has 0 atom stereocenters. The van der Waals surface area contributed by atoms with Crippen LogP contribution in [0, 0.1) is 0 Å². The second-order valence-electron chi connectivity index (χ2n) is 4.38. The van der Waals surface area contributed by atoms with Gasteiger partial charge >= 0.3 is 18.6 Å². The van der Waals surface area contributed by atoms with Gasteiger partial charge in [0.2, 0.25) is 0 Å². The minimum Gasteiger partial charge on any atom is -1.00 e. The molecule has 0 saturated carbocycles. The number of hydrogen-bond donors (Lipinski definition) is 0. The number of hydrogen-bond acceptors (Lipinski definition) is 5. The maximum Gasteiger partial charge on any atom is 3.00 e. The molecule has 0 spiro atoms. The number of rotatable bonds is 2. The quantitative estimate of drug-likeness (QED) is 0.490. The predicted octanol–water partition coefficient (Wildman–Crippen LogP) is -7.47. The summed E-state index contributed by atoms with van der Waals surface area (Å²) in [6.07, 6.45) is 0. The van der Waals surface area contributed by atoms with Gasteiger partial charge in [0, 0.05) is 11.4 Å². The molecule has 0 radical (unpaired) electrons. The van der Waals surface area contributed by atoms with Crippen molar-refractivity contribution in [3.63, 3.8) is 0 Å². The summed E-state index contributed by atoms with van der Waals surface area (Å²) in [5, 5.41) is 0. The molecule has 5 nitrogen and oxygen atoms in total. The van der Waals surface area contributed by atoms with Crippen molar-refractivity contribution in [3.8, 4) is 0 Å². The van der Waals surface area contributed by atoms with Crippen LogP contribution in [0.1, 0.15) is 25.2 Å². The van der Waals surface area contributed by atoms with E-state index in [2.05, 4.69) is 25.0 Å². The molecule has 22 heavy (non-hydrogen) atoms. The van der Waals surface area contributed by atoms with Gasteiger partial charge in [-0.25, -0.2) is 15.0 Å². The molecule has 0 saturated heterocycles. The van der Waals surface area contributed by atoms with Crippen molar-refractivity contribution in [1.29, 1.82) is 0 Å². The Bertz CT molecular complexity index is 589. The number of pyridine rings is 1. The van der Waals surface area contributed by atoms with Crippen LogP contribution in [0.2, 0.25) is 0 Å². The summed E-state index contributed by atoms with van der Waals surface area (Å²) >= 11 is 0. The molecule has 0 aliphatic carbocycles. The molecular formula is C13H13Cl3N5V. The van der Waals surface area contributed by atoms with Crippen molar-refractivity contribution in [2.75, 3.05) is 13.1 Å². The van der Waals surface area contributed by atoms with Crippen molar-refractivity contribution in [2.45, 2.75) is 13.8 Å². The first kappa shape index (κ1) is 23.5. The van der Waals surface area contributed by atoms with E-state index < -0.39 is 0 Å². The van der Waals surface area contributed by atoms with E-state index in [1.54, 1.807) is 0 Å². The molecule has 0 N–H and O–H groups in total. The van der Waals surface area contributed by atoms with E-state index in [4.69, 9.17) is 0 Å². The van der Waals surface area contributed by atoms with Crippen molar-refractivity contribution < 1.29 is 55.8 Å². The van der Waals surface area contributed by atoms with Crippen molar-refractivity contribution in [2.24, 2.45) is 20.0 Å². The first-order valence-electron chi connectivity index (χ1n) is 5.87. The Hall–Kier alpha value is -0.716. The third-order valence-corrected chi connectivity index (χ3v) is 2.72. The van der Waals surface area contributed by atoms with Crippen LogP contribution in [0.5, 0.6) is 0 Å². The van der Waals surface area contributed by atoms with Crippen LogP contribution in [0.4, 0.5) is 0 Å². The monoisotopic (exact) mass is 395 g/mol. The largest absolute Gasteiger partial charge is 3.00 e. The van der Waals surface area contributed by atoms with E-state index in [-0.39, 0.29) is 55.8 Å². The van der Waals surface area contributed by atoms with Gasteiger partial charge in [-0.2, -0.15) is 0 Å². The molecule has 0 aromatic carbocycles. The predicted molar refractivity (Wildman–Crippen MR) is 73.3 cm³/mol. The van der Waals surface area contributed by atoms with Gasteiger partial charge in [-0.05, 0) is 26.0 Å². The molecule has 3 heterocycles. The molecule has 2 aliphatic heterocycles. The number of amidine groups is 2. The maximum absolute atomic E-state index is 4.53. The van der Waals surface area contributed by atoms with Crippen LogP contribution in [0.15, 0.2) is 38.2 Å². The molecule has 9 heteroatoms. The molecule has 2 aliphatic rings. The first-order chi connectivity index (χ1) is 8.72. The minimum absolute atomic E-state index is 0. The average Bonchev–Trinajstić information content (AvgIpc) is 2.98. The molecule has 0 bridgehead atoms. The first-order valence-corrected chi connectivity index (χ1v) is 5.87. The second kappa shape index (κ2) is 10.1. The number of halogens is 3. The normalized spacial score (nSPS) is 15.0. The Labute approximate surface area is 160 Å². The van der Waals surface area contributed by atoms with E-state index in [9.17, 15) is 0 Å². The fraction of sp³-hybridized carbons (Fsp3) is 0.308. The van der Waals surface area contributed by atoms with Crippen molar-refractivity contribution in [3.05, 3.63) is 29.6 Å². The molecule has 0 amide bonds. The third-order valence-electron chi connectivity index (χ3n) is 2.72. The summed E-state index contributed by atoms with van der Waals surface area (Å²) in [5.74, 6) is 1.40. The van der Waals surface area contributed by atoms with Crippen LogP contribution >= 0.6 is 0 Å². The van der Waals surface area contributed by atoms with Gasteiger partial charge in [0.25, 0.3) is 0 Å². The number of aromatic nitrogens is 1. The molecule has 1 aromatic heterocycles. The summed E-state index contributed by atoms with van der Waals surface area (Å²) in [5.41, 5.74) is 3.60. The van der Waals surface area contributed by atoms with Gasteiger partial charge in [-0.1, -0.05) is 6.07 Å². The zero-order valence-corrected chi connectivity index (χ0v) is 15.6. The van der Waals surface area contributed by atoms with Gasteiger partial charge < -0.3 is 37.2 Å². The summed E-state index contributed by atoms with van der Waals surface area (Å²) in [6.45, 7) is 5.27. The molecule has 0 unspecified atom stereocenters. The Morgan fingerprint density at radius 2 is 1.18 bits per heavy atom. The Morgan fingerprint density at radius 3 is 1.50 bits per heavy atom. The fourth-order valence-corrected chi connectivity index (χ4v) is 1.84. The average molecular weight is 397 g/mol. The topological polar surface area (TPSA) is 62.3 Å². The molecular weight excluding hydrogens is 383 g/mol. The van der Waals surface area contributed by atoms with Crippen LogP contribution < -0.4 is 37.2 Å². The van der Waals surface area contributed by atoms with Gasteiger partial charge in [-0.15, -0.1) is 0 Å². The van der Waals surface area contributed by atoms with Gasteiger partial charge in [0.05, 0.1) is 13.1 Å². The summed E-state index contributed by atoms with van der Waals surface area (Å²) in [4.78, 5) is 22.0. The SMILES string of the molecule is CC1=NC(c2cccc(C3=NCC(C)=N3)n2)=NC1.[Cl-].[Cl-].[Cl-].[V+3]. The van der Waals surface area contributed by atoms with Crippen molar-refractivity contribution in [1.82, 2.24) is 4.98 Å². The van der Waals surface area contributed by atoms with E-state index in [0.29, 0.717) is 24.8 Å². The van der Waals surface area contributed by atoms with E-state index in [1.807, 2.05) is 32.0 Å². The fourth-order valence-electron chi connectivity index (χ4n) is 1.84. The zero-order valence-electron chi connectivity index (χ0n) is 12.0. The summed E-state index contributed by atoms with van der Waals surface area (Å²) in [6, 6.07) is 5.77. The molecule has 116 valence electrons. The van der Waals surface area contributed by atoms with Gasteiger partial charge in [0.15, 0.2) is 11.7 Å². The van der Waals surface area contributed by atoms with Gasteiger partial charge in [0.1, 0.15) is 11.4 Å². The summed E-state index contributed by atoms with van der Waals surface area (Å²) in [7, 11) is 0. The van der Waals surface area contributed by atoms with Crippen LogP contribution in [0.25, 0.3) is 0 Å². The Kier molecular flexibility index (Phi) is 10.8. The Morgan fingerprint density at radius 1 is 0.773 bits per heavy atom. The Balaban J connectivity index is 0. The van der Waals surface area contributed by atoms with Crippen LogP contribution in [0.3, 0.4) is 0 Å². The molecule has 3 rings (SSSR count). The van der Waals surface area contributed by atoms with E-state index in [0.717, 1.165) is 22.8 Å². The summed E-state index contributed by atoms with van der Waals surface area (Å²) < 4.78 is 0. The second-order valence-corrected chi connectivity index (χ2v) is 4.38. The standard InChI is InChI=1S/C13H13N5.3ClH.V/c1-8-6-14-12(16-8)10-4-3-5-11(18-10)13-15-7-9(2)17-13;;;;/h3-5H,6-7H2,1-2H3;3*1H;/q;;;;+3/p-3. The van der Waals surface area contributed by atoms with Crippen LogP contribution in [-0.2, 0) is 18.6 Å². The van der Waals surface area contributed by atoms with Gasteiger partial charge in [-0.3, -0.25) is 9.98 Å². The minimum atomic E-state index is 0. The van der Waals surface area contributed by atoms with Crippen LogP contribution in [-0.4, -0.2) is 41.2 Å². The van der Waals surface area contributed by atoms with E-state index in [1.165, 1.54) is 0 Å². The smallest absolute Gasteiger partial charge is 1.00 e. The van der Waals surface area contributed by atoms with Crippen molar-refractivity contribution >= 4 is 23.1 Å². The third kappa shape index (κ3) is 5.18. The molecule has 1 aromatic rings. The molecule has 0 fully saturated rings. The zero-order chi connectivity index (χ0) is 12.5.